The molecule has 24 heavy (non-hydrogen) atoms. The lowest BCUT2D eigenvalue weighted by Crippen LogP contribution is -2.29. The highest BCUT2D eigenvalue weighted by molar-refractivity contribution is 6.30. The molecule has 5 nitrogen and oxygen atoms in total. The van der Waals surface area contributed by atoms with Gasteiger partial charge >= 0.3 is 0 Å². The Bertz CT molecular complexity index is 754. The average Bonchev–Trinajstić information content (AvgIpc) is 2.58. The van der Waals surface area contributed by atoms with Crippen molar-refractivity contribution in [1.82, 2.24) is 0 Å². The van der Waals surface area contributed by atoms with Gasteiger partial charge in [0.15, 0.2) is 11.7 Å². The minimum absolute atomic E-state index is 0.309. The number of benzene rings is 2. The van der Waals surface area contributed by atoms with E-state index in [9.17, 15) is 14.7 Å². The molecule has 6 heteroatoms. The third-order valence-corrected chi connectivity index (χ3v) is 3.66. The zero-order valence-electron chi connectivity index (χ0n) is 12.6. The number of hydrogen-bond donors (Lipinski definition) is 2. The number of anilines is 1. The molecule has 0 aromatic heterocycles. The van der Waals surface area contributed by atoms with Crippen LogP contribution in [-0.4, -0.2) is 16.8 Å². The van der Waals surface area contributed by atoms with Gasteiger partial charge in [0.1, 0.15) is 0 Å². The normalized spacial score (nSPS) is 12.7. The first kappa shape index (κ1) is 17.7. The lowest BCUT2D eigenvalue weighted by Gasteiger charge is -2.13. The van der Waals surface area contributed by atoms with Crippen LogP contribution >= 0.6 is 11.6 Å². The summed E-state index contributed by atoms with van der Waals surface area (Å²) in [5, 5.41) is 22.2. The molecule has 0 aliphatic heterocycles. The number of amides is 1. The lowest BCUT2D eigenvalue weighted by atomic mass is 9.96. The molecule has 2 aromatic rings. The zero-order chi connectivity index (χ0) is 17.5. The van der Waals surface area contributed by atoms with Gasteiger partial charge < -0.3 is 10.4 Å². The molecule has 2 atom stereocenters. The van der Waals surface area contributed by atoms with Crippen molar-refractivity contribution >= 4 is 29.0 Å². The molecule has 0 spiro atoms. The van der Waals surface area contributed by atoms with Crippen LogP contribution in [0, 0.1) is 17.2 Å². The molecule has 0 heterocycles. The van der Waals surface area contributed by atoms with Crippen molar-refractivity contribution in [3.05, 3.63) is 65.2 Å². The van der Waals surface area contributed by atoms with Crippen LogP contribution in [0.3, 0.4) is 0 Å². The van der Waals surface area contributed by atoms with Crippen LogP contribution in [0.1, 0.15) is 18.1 Å². The van der Waals surface area contributed by atoms with Gasteiger partial charge in [-0.2, -0.15) is 5.26 Å². The Kier molecular flexibility index (Phi) is 6.07. The summed E-state index contributed by atoms with van der Waals surface area (Å²) < 4.78 is 0. The molecule has 0 saturated heterocycles. The highest BCUT2D eigenvalue weighted by Crippen LogP contribution is 2.20. The summed E-state index contributed by atoms with van der Waals surface area (Å²) in [6.45, 7) is 0. The van der Waals surface area contributed by atoms with Crippen molar-refractivity contribution in [3.63, 3.8) is 0 Å². The number of carbonyl (C=O) groups excluding carboxylic acids is 2. The van der Waals surface area contributed by atoms with Gasteiger partial charge in [0.2, 0.25) is 5.91 Å². The van der Waals surface area contributed by atoms with E-state index in [4.69, 9.17) is 16.9 Å². The molecule has 0 saturated carbocycles. The summed E-state index contributed by atoms with van der Waals surface area (Å²) >= 11 is 5.76. The van der Waals surface area contributed by atoms with Crippen LogP contribution in [-0.2, 0) is 9.59 Å². The van der Waals surface area contributed by atoms with Gasteiger partial charge in [-0.25, -0.2) is 0 Å². The van der Waals surface area contributed by atoms with Gasteiger partial charge in [-0.3, -0.25) is 9.59 Å². The summed E-state index contributed by atoms with van der Waals surface area (Å²) in [4.78, 5) is 24.3. The van der Waals surface area contributed by atoms with E-state index in [-0.39, 0.29) is 6.42 Å². The van der Waals surface area contributed by atoms with Crippen molar-refractivity contribution in [2.24, 2.45) is 5.92 Å². The quantitative estimate of drug-likeness (QED) is 0.789. The van der Waals surface area contributed by atoms with E-state index < -0.39 is 23.7 Å². The van der Waals surface area contributed by atoms with Crippen LogP contribution in [0.25, 0.3) is 0 Å². The smallest absolute Gasteiger partial charge is 0.249 e. The number of nitrogens with zero attached hydrogens (tertiary/aromatic N) is 1. The monoisotopic (exact) mass is 342 g/mol. The molecule has 2 aromatic carbocycles. The second-order valence-electron chi connectivity index (χ2n) is 5.16. The maximum atomic E-state index is 12.2. The number of hydrogen-bond acceptors (Lipinski definition) is 4. The molecule has 2 rings (SSSR count). The van der Waals surface area contributed by atoms with E-state index in [1.54, 1.807) is 60.7 Å². The van der Waals surface area contributed by atoms with Gasteiger partial charge in [-0.1, -0.05) is 41.9 Å². The van der Waals surface area contributed by atoms with Crippen molar-refractivity contribution in [2.45, 2.75) is 12.5 Å². The number of nitriles is 1. The fraction of sp³-hybridized carbons (Fsp3) is 0.167. The van der Waals surface area contributed by atoms with Crippen molar-refractivity contribution in [1.29, 1.82) is 5.26 Å². The van der Waals surface area contributed by atoms with E-state index in [0.29, 0.717) is 16.3 Å². The van der Waals surface area contributed by atoms with Crippen molar-refractivity contribution in [2.75, 3.05) is 5.32 Å². The fourth-order valence-corrected chi connectivity index (χ4v) is 2.25. The molecular formula is C18H15ClN2O3. The number of halogens is 1. The minimum atomic E-state index is -1.49. The summed E-state index contributed by atoms with van der Waals surface area (Å²) in [6, 6.07) is 16.6. The van der Waals surface area contributed by atoms with Crippen LogP contribution in [0.15, 0.2) is 54.6 Å². The Morgan fingerprint density at radius 2 is 1.75 bits per heavy atom. The molecular weight excluding hydrogens is 328 g/mol. The van der Waals surface area contributed by atoms with Crippen LogP contribution in [0.2, 0.25) is 5.02 Å². The number of aliphatic hydroxyl groups excluding tert-OH is 1. The molecule has 2 N–H and O–H groups in total. The first-order chi connectivity index (χ1) is 11.5. The standard InChI is InChI=1S/C18H15ClN2O3/c19-13-6-8-14(9-7-13)21-18(24)15(11-20)17(23)10-16(22)12-4-2-1-3-5-12/h1-9,15-16,22H,10H2,(H,21,24). The number of carbonyl (C=O) groups is 2. The highest BCUT2D eigenvalue weighted by Gasteiger charge is 2.28. The van der Waals surface area contributed by atoms with Gasteiger partial charge in [0.05, 0.1) is 12.2 Å². The Labute approximate surface area is 144 Å². The lowest BCUT2D eigenvalue weighted by molar-refractivity contribution is -0.130. The maximum Gasteiger partial charge on any atom is 0.249 e. The molecule has 2 unspecified atom stereocenters. The first-order valence-electron chi connectivity index (χ1n) is 7.23. The SMILES string of the molecule is N#CC(C(=O)CC(O)c1ccccc1)C(=O)Nc1ccc(Cl)cc1. The van der Waals surface area contributed by atoms with Gasteiger partial charge in [0.25, 0.3) is 0 Å². The average molecular weight is 343 g/mol. The Morgan fingerprint density at radius 1 is 1.12 bits per heavy atom. The van der Waals surface area contributed by atoms with Gasteiger partial charge in [-0.15, -0.1) is 0 Å². The topological polar surface area (TPSA) is 90.2 Å². The molecule has 0 fully saturated rings. The predicted octanol–water partition coefficient (Wildman–Crippen LogP) is 3.11. The highest BCUT2D eigenvalue weighted by atomic mass is 35.5. The number of rotatable bonds is 6. The third kappa shape index (κ3) is 4.66. The summed E-state index contributed by atoms with van der Waals surface area (Å²) in [5.74, 6) is -2.86. The molecule has 0 radical (unpaired) electrons. The number of nitrogens with one attached hydrogen (secondary N) is 1. The molecule has 122 valence electrons. The summed E-state index contributed by atoms with van der Waals surface area (Å²) in [6.07, 6.45) is -1.37. The minimum Gasteiger partial charge on any atom is -0.388 e. The zero-order valence-corrected chi connectivity index (χ0v) is 13.4. The van der Waals surface area contributed by atoms with E-state index in [1.807, 2.05) is 0 Å². The van der Waals surface area contributed by atoms with Crippen molar-refractivity contribution in [3.8, 4) is 6.07 Å². The Balaban J connectivity index is 2.01. The van der Waals surface area contributed by atoms with E-state index in [1.165, 1.54) is 0 Å². The largest absolute Gasteiger partial charge is 0.388 e. The first-order valence-corrected chi connectivity index (χ1v) is 7.61. The fourth-order valence-electron chi connectivity index (χ4n) is 2.13. The summed E-state index contributed by atoms with van der Waals surface area (Å²) in [5.41, 5.74) is 0.988. The number of Topliss-reactive ketones (excluding diaryl/α,β-unsaturated/α-hetero) is 1. The number of aliphatic hydroxyl groups is 1. The van der Waals surface area contributed by atoms with Crippen LogP contribution in [0.5, 0.6) is 0 Å². The predicted molar refractivity (Wildman–Crippen MR) is 90.2 cm³/mol. The van der Waals surface area contributed by atoms with E-state index in [0.717, 1.165) is 0 Å². The van der Waals surface area contributed by atoms with Crippen molar-refractivity contribution < 1.29 is 14.7 Å². The molecule has 0 bridgehead atoms. The Hall–Kier alpha value is -2.68. The van der Waals surface area contributed by atoms with Gasteiger partial charge in [-0.05, 0) is 29.8 Å². The van der Waals surface area contributed by atoms with Gasteiger partial charge in [0, 0.05) is 17.1 Å². The molecule has 0 aliphatic rings. The molecule has 0 aliphatic carbocycles. The maximum absolute atomic E-state index is 12.2. The Morgan fingerprint density at radius 3 is 2.33 bits per heavy atom. The van der Waals surface area contributed by atoms with E-state index in [2.05, 4.69) is 5.32 Å². The molecule has 1 amide bonds. The second-order valence-corrected chi connectivity index (χ2v) is 5.59. The van der Waals surface area contributed by atoms with Crippen LogP contribution < -0.4 is 5.32 Å². The summed E-state index contributed by atoms with van der Waals surface area (Å²) in [7, 11) is 0. The van der Waals surface area contributed by atoms with Crippen LogP contribution in [0.4, 0.5) is 5.69 Å². The number of ketones is 1. The second kappa shape index (κ2) is 8.25. The van der Waals surface area contributed by atoms with E-state index >= 15 is 0 Å². The third-order valence-electron chi connectivity index (χ3n) is 3.40.